The molecule has 4 rings (SSSR count). The zero-order chi connectivity index (χ0) is 18.9. The maximum Gasteiger partial charge on any atom is 0.308 e. The minimum absolute atomic E-state index is 0.248. The Bertz CT molecular complexity index is 953. The van der Waals surface area contributed by atoms with Gasteiger partial charge in [-0.3, -0.25) is 4.79 Å². The lowest BCUT2D eigenvalue weighted by atomic mass is 10.00. The van der Waals surface area contributed by atoms with Crippen molar-refractivity contribution in [3.8, 4) is 5.75 Å². The van der Waals surface area contributed by atoms with Gasteiger partial charge in [0.05, 0.1) is 13.5 Å². The quantitative estimate of drug-likeness (QED) is 0.699. The molecular weight excluding hydrogens is 344 g/mol. The van der Waals surface area contributed by atoms with Crippen molar-refractivity contribution < 1.29 is 14.3 Å². The number of carbonyl (C=O) groups is 1. The lowest BCUT2D eigenvalue weighted by molar-refractivity contribution is -0.152. The average molecular weight is 364 g/mol. The molecule has 1 aromatic heterocycles. The van der Waals surface area contributed by atoms with Gasteiger partial charge in [-0.15, -0.1) is 0 Å². The summed E-state index contributed by atoms with van der Waals surface area (Å²) in [5, 5.41) is 7.82. The highest BCUT2D eigenvalue weighted by Crippen LogP contribution is 2.40. The summed E-state index contributed by atoms with van der Waals surface area (Å²) in [5.74, 6) is 1.62. The molecule has 1 aliphatic rings. The van der Waals surface area contributed by atoms with Crippen molar-refractivity contribution in [2.45, 2.75) is 25.5 Å². The summed E-state index contributed by atoms with van der Waals surface area (Å²) < 4.78 is 12.7. The predicted molar refractivity (Wildman–Crippen MR) is 99.9 cm³/mol. The minimum atomic E-state index is -1.01. The molecule has 27 heavy (non-hydrogen) atoms. The summed E-state index contributed by atoms with van der Waals surface area (Å²) in [6.07, 6.45) is 0.825. The van der Waals surface area contributed by atoms with Crippen LogP contribution in [0.3, 0.4) is 0 Å². The fraction of sp³-hybridized carbons (Fsp3) is 0.250. The van der Waals surface area contributed by atoms with Gasteiger partial charge in [-0.05, 0) is 31.2 Å². The van der Waals surface area contributed by atoms with Crippen LogP contribution < -0.4 is 10.1 Å². The molecule has 138 valence electrons. The number of nitrogens with one attached hydrogen (secondary N) is 1. The SMILES string of the molecule is COc1ccc(Nc2nc(C)nn2C2(c3ccccc3)CCC(=O)O2)cc1. The monoisotopic (exact) mass is 364 g/mol. The van der Waals surface area contributed by atoms with E-state index in [0.717, 1.165) is 17.0 Å². The Morgan fingerprint density at radius 2 is 1.89 bits per heavy atom. The van der Waals surface area contributed by atoms with Crippen LogP contribution in [-0.2, 0) is 15.3 Å². The second kappa shape index (κ2) is 6.75. The van der Waals surface area contributed by atoms with E-state index in [1.807, 2.05) is 61.5 Å². The van der Waals surface area contributed by atoms with Gasteiger partial charge in [-0.1, -0.05) is 30.3 Å². The smallest absolute Gasteiger partial charge is 0.308 e. The van der Waals surface area contributed by atoms with Gasteiger partial charge in [0.1, 0.15) is 11.6 Å². The molecule has 1 aliphatic heterocycles. The number of methoxy groups -OCH3 is 1. The lowest BCUT2D eigenvalue weighted by Gasteiger charge is -2.29. The number of anilines is 2. The molecule has 7 nitrogen and oxygen atoms in total. The van der Waals surface area contributed by atoms with Crippen LogP contribution in [-0.4, -0.2) is 27.8 Å². The summed E-state index contributed by atoms with van der Waals surface area (Å²) in [6.45, 7) is 1.81. The van der Waals surface area contributed by atoms with Gasteiger partial charge in [0.15, 0.2) is 0 Å². The summed E-state index contributed by atoms with van der Waals surface area (Å²) in [7, 11) is 1.63. The first-order valence-electron chi connectivity index (χ1n) is 8.73. The van der Waals surface area contributed by atoms with E-state index in [0.29, 0.717) is 24.6 Å². The molecule has 0 bridgehead atoms. The minimum Gasteiger partial charge on any atom is -0.497 e. The third-order valence-corrected chi connectivity index (χ3v) is 4.58. The number of rotatable bonds is 5. The molecule has 0 aliphatic carbocycles. The van der Waals surface area contributed by atoms with Crippen molar-refractivity contribution in [1.82, 2.24) is 14.8 Å². The van der Waals surface area contributed by atoms with Crippen LogP contribution in [0.4, 0.5) is 11.6 Å². The van der Waals surface area contributed by atoms with E-state index in [9.17, 15) is 4.79 Å². The topological polar surface area (TPSA) is 78.3 Å². The van der Waals surface area contributed by atoms with E-state index >= 15 is 0 Å². The summed E-state index contributed by atoms with van der Waals surface area (Å²) in [5.41, 5.74) is 0.685. The molecule has 1 fully saturated rings. The standard InChI is InChI=1S/C20H20N4O3/c1-14-21-19(22-16-8-10-17(26-2)11-9-16)24(23-14)20(13-12-18(25)27-20)15-6-4-3-5-7-15/h3-11H,12-13H2,1-2H3,(H,21,22,23). The fourth-order valence-electron chi connectivity index (χ4n) is 3.29. The van der Waals surface area contributed by atoms with Crippen LogP contribution in [0.15, 0.2) is 54.6 Å². The van der Waals surface area contributed by atoms with Crippen molar-refractivity contribution in [3.05, 3.63) is 66.0 Å². The number of aryl methyl sites for hydroxylation is 1. The number of hydrogen-bond donors (Lipinski definition) is 1. The van der Waals surface area contributed by atoms with Crippen LogP contribution >= 0.6 is 0 Å². The van der Waals surface area contributed by atoms with Gasteiger partial charge < -0.3 is 14.8 Å². The third-order valence-electron chi connectivity index (χ3n) is 4.58. The van der Waals surface area contributed by atoms with Crippen molar-refractivity contribution in [2.24, 2.45) is 0 Å². The van der Waals surface area contributed by atoms with E-state index in [2.05, 4.69) is 15.4 Å². The Balaban J connectivity index is 1.76. The van der Waals surface area contributed by atoms with E-state index in [1.54, 1.807) is 11.8 Å². The Kier molecular flexibility index (Phi) is 4.27. The normalized spacial score (nSPS) is 19.0. The van der Waals surface area contributed by atoms with E-state index in [1.165, 1.54) is 0 Å². The molecule has 3 aromatic rings. The summed E-state index contributed by atoms with van der Waals surface area (Å²) >= 11 is 0. The molecule has 1 atom stereocenters. The highest BCUT2D eigenvalue weighted by atomic mass is 16.6. The molecule has 2 aromatic carbocycles. The number of aromatic nitrogens is 3. The number of hydrogen-bond acceptors (Lipinski definition) is 6. The van der Waals surface area contributed by atoms with E-state index in [-0.39, 0.29) is 5.97 Å². The number of ether oxygens (including phenoxy) is 2. The number of carbonyl (C=O) groups excluding carboxylic acids is 1. The Hall–Kier alpha value is -3.35. The number of esters is 1. The zero-order valence-electron chi connectivity index (χ0n) is 15.2. The fourth-order valence-corrected chi connectivity index (χ4v) is 3.29. The molecule has 1 N–H and O–H groups in total. The molecule has 2 heterocycles. The van der Waals surface area contributed by atoms with Crippen LogP contribution in [0.1, 0.15) is 24.2 Å². The van der Waals surface area contributed by atoms with Crippen LogP contribution in [0.25, 0.3) is 0 Å². The van der Waals surface area contributed by atoms with Crippen LogP contribution in [0.2, 0.25) is 0 Å². The van der Waals surface area contributed by atoms with Gasteiger partial charge in [0.25, 0.3) is 0 Å². The largest absolute Gasteiger partial charge is 0.497 e. The van der Waals surface area contributed by atoms with Crippen molar-refractivity contribution in [1.29, 1.82) is 0 Å². The van der Waals surface area contributed by atoms with Gasteiger partial charge >= 0.3 is 5.97 Å². The predicted octanol–water partition coefficient (Wildman–Crippen LogP) is 3.38. The maximum absolute atomic E-state index is 12.0. The second-order valence-corrected chi connectivity index (χ2v) is 6.37. The van der Waals surface area contributed by atoms with Crippen molar-refractivity contribution in [3.63, 3.8) is 0 Å². The summed E-state index contributed by atoms with van der Waals surface area (Å²) in [4.78, 5) is 16.5. The first-order valence-corrected chi connectivity index (χ1v) is 8.73. The molecule has 0 saturated carbocycles. The number of benzene rings is 2. The highest BCUT2D eigenvalue weighted by Gasteiger charge is 2.46. The molecule has 1 unspecified atom stereocenters. The first kappa shape index (κ1) is 17.1. The Morgan fingerprint density at radius 1 is 1.15 bits per heavy atom. The molecule has 0 radical (unpaired) electrons. The van der Waals surface area contributed by atoms with Gasteiger partial charge in [0.2, 0.25) is 11.7 Å². The highest BCUT2D eigenvalue weighted by molar-refractivity contribution is 5.73. The Morgan fingerprint density at radius 3 is 2.52 bits per heavy atom. The lowest BCUT2D eigenvalue weighted by Crippen LogP contribution is -2.36. The average Bonchev–Trinajstić information content (AvgIpc) is 3.26. The molecule has 1 saturated heterocycles. The second-order valence-electron chi connectivity index (χ2n) is 6.37. The van der Waals surface area contributed by atoms with E-state index in [4.69, 9.17) is 9.47 Å². The van der Waals surface area contributed by atoms with Gasteiger partial charge in [-0.2, -0.15) is 14.8 Å². The molecule has 0 amide bonds. The zero-order valence-corrected chi connectivity index (χ0v) is 15.2. The molecule has 7 heteroatoms. The van der Waals surface area contributed by atoms with Crippen molar-refractivity contribution in [2.75, 3.05) is 12.4 Å². The first-order chi connectivity index (χ1) is 13.1. The number of nitrogens with zero attached hydrogens (tertiary/aromatic N) is 3. The Labute approximate surface area is 156 Å². The molecule has 0 spiro atoms. The van der Waals surface area contributed by atoms with Crippen molar-refractivity contribution >= 4 is 17.6 Å². The van der Waals surface area contributed by atoms with Gasteiger partial charge in [0, 0.05) is 17.7 Å². The number of cyclic esters (lactones) is 1. The van der Waals surface area contributed by atoms with Crippen LogP contribution in [0, 0.1) is 6.92 Å². The van der Waals surface area contributed by atoms with E-state index < -0.39 is 5.72 Å². The molecular formula is C20H20N4O3. The maximum atomic E-state index is 12.0. The van der Waals surface area contributed by atoms with Crippen LogP contribution in [0.5, 0.6) is 5.75 Å². The summed E-state index contributed by atoms with van der Waals surface area (Å²) in [6, 6.07) is 17.1. The third kappa shape index (κ3) is 3.12. The van der Waals surface area contributed by atoms with Gasteiger partial charge in [-0.25, -0.2) is 0 Å².